The van der Waals surface area contributed by atoms with E-state index in [-0.39, 0.29) is 0 Å². The van der Waals surface area contributed by atoms with Gasteiger partial charge in [0, 0.05) is 37.5 Å². The number of aliphatic imine (C=N–C) groups is 1. The molecular weight excluding hydrogens is 284 g/mol. The summed E-state index contributed by atoms with van der Waals surface area (Å²) >= 11 is 2.07. The summed E-state index contributed by atoms with van der Waals surface area (Å²) in [6, 6.07) is 0. The molecule has 122 valence electrons. The first-order valence-electron chi connectivity index (χ1n) is 8.18. The van der Waals surface area contributed by atoms with Crippen LogP contribution in [0.4, 0.5) is 0 Å². The van der Waals surface area contributed by atoms with E-state index in [1.807, 2.05) is 0 Å². The molecule has 2 aliphatic rings. The van der Waals surface area contributed by atoms with Gasteiger partial charge in [0.2, 0.25) is 0 Å². The molecule has 0 aliphatic carbocycles. The second-order valence-corrected chi connectivity index (χ2v) is 7.66. The number of ether oxygens (including phenoxy) is 1. The molecule has 0 radical (unpaired) electrons. The van der Waals surface area contributed by atoms with Crippen molar-refractivity contribution in [2.75, 3.05) is 58.2 Å². The van der Waals surface area contributed by atoms with E-state index in [2.05, 4.69) is 41.1 Å². The van der Waals surface area contributed by atoms with Gasteiger partial charge < -0.3 is 15.4 Å². The second-order valence-electron chi connectivity index (χ2n) is 5.98. The van der Waals surface area contributed by atoms with Gasteiger partial charge in [-0.2, -0.15) is 11.8 Å². The smallest absolute Gasteiger partial charge is 0.191 e. The molecule has 1 unspecified atom stereocenters. The van der Waals surface area contributed by atoms with E-state index in [0.29, 0.717) is 4.75 Å². The maximum atomic E-state index is 5.37. The highest BCUT2D eigenvalue weighted by atomic mass is 32.2. The van der Waals surface area contributed by atoms with Crippen molar-refractivity contribution < 1.29 is 4.74 Å². The summed E-state index contributed by atoms with van der Waals surface area (Å²) < 4.78 is 5.71. The van der Waals surface area contributed by atoms with Crippen molar-refractivity contribution in [1.29, 1.82) is 0 Å². The Bertz CT molecular complexity index is 326. The van der Waals surface area contributed by atoms with Crippen molar-refractivity contribution in [3.63, 3.8) is 0 Å². The van der Waals surface area contributed by atoms with Gasteiger partial charge in [-0.3, -0.25) is 9.89 Å². The topological polar surface area (TPSA) is 48.9 Å². The van der Waals surface area contributed by atoms with Crippen LogP contribution in [0.1, 0.15) is 26.7 Å². The summed E-state index contributed by atoms with van der Waals surface area (Å²) in [5.41, 5.74) is 0. The quantitative estimate of drug-likeness (QED) is 0.569. The number of morpholine rings is 1. The van der Waals surface area contributed by atoms with Crippen LogP contribution in [-0.4, -0.2) is 73.8 Å². The third kappa shape index (κ3) is 6.04. The summed E-state index contributed by atoms with van der Waals surface area (Å²) in [5.74, 6) is 2.24. The van der Waals surface area contributed by atoms with Crippen molar-refractivity contribution in [3.05, 3.63) is 0 Å². The fourth-order valence-electron chi connectivity index (χ4n) is 2.71. The Labute approximate surface area is 133 Å². The zero-order valence-corrected chi connectivity index (χ0v) is 14.3. The van der Waals surface area contributed by atoms with E-state index >= 15 is 0 Å². The monoisotopic (exact) mass is 314 g/mol. The highest BCUT2D eigenvalue weighted by Gasteiger charge is 2.29. The molecule has 0 amide bonds. The molecule has 1 atom stereocenters. The van der Waals surface area contributed by atoms with E-state index in [1.54, 1.807) is 0 Å². The number of nitrogens with zero attached hydrogens (tertiary/aromatic N) is 2. The predicted octanol–water partition coefficient (Wildman–Crippen LogP) is 1.16. The lowest BCUT2D eigenvalue weighted by Crippen LogP contribution is -2.44. The molecule has 0 saturated carbocycles. The summed E-state index contributed by atoms with van der Waals surface area (Å²) in [4.78, 5) is 7.22. The molecule has 0 spiro atoms. The molecule has 2 N–H and O–H groups in total. The van der Waals surface area contributed by atoms with E-state index in [0.717, 1.165) is 58.4 Å². The van der Waals surface area contributed by atoms with Crippen LogP contribution in [0.25, 0.3) is 0 Å². The number of hydrogen-bond acceptors (Lipinski definition) is 4. The maximum absolute atomic E-state index is 5.37. The minimum absolute atomic E-state index is 0.340. The van der Waals surface area contributed by atoms with Crippen LogP contribution in [0.3, 0.4) is 0 Å². The van der Waals surface area contributed by atoms with Crippen LogP contribution in [0.5, 0.6) is 0 Å². The van der Waals surface area contributed by atoms with Gasteiger partial charge in [-0.15, -0.1) is 0 Å². The van der Waals surface area contributed by atoms with Crippen molar-refractivity contribution in [1.82, 2.24) is 15.5 Å². The maximum Gasteiger partial charge on any atom is 0.191 e. The summed E-state index contributed by atoms with van der Waals surface area (Å²) in [7, 11) is 0. The minimum Gasteiger partial charge on any atom is -0.379 e. The van der Waals surface area contributed by atoms with E-state index in [9.17, 15) is 0 Å². The standard InChI is InChI=1S/C15H30N4OS/c1-3-16-14(18-13-15(2)5-4-12-21-15)17-6-7-19-8-10-20-11-9-19/h3-13H2,1-2H3,(H2,16,17,18). The molecule has 2 saturated heterocycles. The first-order chi connectivity index (χ1) is 10.2. The summed E-state index contributed by atoms with van der Waals surface area (Å²) in [5, 5.41) is 6.80. The van der Waals surface area contributed by atoms with Gasteiger partial charge in [-0.05, 0) is 32.4 Å². The number of hydrogen-bond donors (Lipinski definition) is 2. The van der Waals surface area contributed by atoms with Crippen molar-refractivity contribution in [2.24, 2.45) is 4.99 Å². The SMILES string of the molecule is CCNC(=NCC1(C)CCCS1)NCCN1CCOCC1. The molecule has 6 heteroatoms. The van der Waals surface area contributed by atoms with Crippen LogP contribution in [0, 0.1) is 0 Å². The summed E-state index contributed by atoms with van der Waals surface area (Å²) in [6.45, 7) is 12.1. The molecule has 21 heavy (non-hydrogen) atoms. The molecule has 2 aliphatic heterocycles. The number of nitrogens with one attached hydrogen (secondary N) is 2. The molecule has 5 nitrogen and oxygen atoms in total. The Morgan fingerprint density at radius 1 is 1.33 bits per heavy atom. The van der Waals surface area contributed by atoms with Gasteiger partial charge >= 0.3 is 0 Å². The molecule has 0 aromatic heterocycles. The Morgan fingerprint density at radius 2 is 2.14 bits per heavy atom. The van der Waals surface area contributed by atoms with E-state index in [4.69, 9.17) is 9.73 Å². The van der Waals surface area contributed by atoms with Crippen LogP contribution >= 0.6 is 11.8 Å². The van der Waals surface area contributed by atoms with Crippen molar-refractivity contribution in [3.8, 4) is 0 Å². The van der Waals surface area contributed by atoms with Gasteiger partial charge in [0.05, 0.1) is 19.8 Å². The average molecular weight is 314 g/mol. The molecule has 0 bridgehead atoms. The molecule has 2 rings (SSSR count). The lowest BCUT2D eigenvalue weighted by atomic mass is 10.1. The van der Waals surface area contributed by atoms with Crippen LogP contribution in [0.15, 0.2) is 4.99 Å². The van der Waals surface area contributed by atoms with Gasteiger partial charge in [-0.1, -0.05) is 0 Å². The van der Waals surface area contributed by atoms with Crippen molar-refractivity contribution in [2.45, 2.75) is 31.4 Å². The van der Waals surface area contributed by atoms with Crippen LogP contribution < -0.4 is 10.6 Å². The van der Waals surface area contributed by atoms with E-state index in [1.165, 1.54) is 18.6 Å². The Balaban J connectivity index is 1.72. The Kier molecular flexibility index (Phi) is 7.13. The van der Waals surface area contributed by atoms with Crippen molar-refractivity contribution >= 4 is 17.7 Å². The van der Waals surface area contributed by atoms with E-state index < -0.39 is 0 Å². The van der Waals surface area contributed by atoms with Gasteiger partial charge in [0.15, 0.2) is 5.96 Å². The third-order valence-electron chi connectivity index (χ3n) is 4.04. The predicted molar refractivity (Wildman–Crippen MR) is 91.3 cm³/mol. The molecule has 0 aromatic carbocycles. The zero-order valence-electron chi connectivity index (χ0n) is 13.5. The van der Waals surface area contributed by atoms with Gasteiger partial charge in [0.1, 0.15) is 0 Å². The fraction of sp³-hybridized carbons (Fsp3) is 0.933. The lowest BCUT2D eigenvalue weighted by Gasteiger charge is -2.27. The Hall–Kier alpha value is -0.460. The highest BCUT2D eigenvalue weighted by molar-refractivity contribution is 8.00. The minimum atomic E-state index is 0.340. The highest BCUT2D eigenvalue weighted by Crippen LogP contribution is 2.37. The zero-order chi connectivity index (χ0) is 15.0. The van der Waals surface area contributed by atoms with Gasteiger partial charge in [0.25, 0.3) is 0 Å². The molecule has 2 heterocycles. The third-order valence-corrected chi connectivity index (χ3v) is 5.56. The number of rotatable bonds is 6. The molecule has 0 aromatic rings. The lowest BCUT2D eigenvalue weighted by molar-refractivity contribution is 0.0389. The molecular formula is C15H30N4OS. The normalized spacial score (nSPS) is 27.8. The largest absolute Gasteiger partial charge is 0.379 e. The average Bonchev–Trinajstić information content (AvgIpc) is 2.93. The summed E-state index contributed by atoms with van der Waals surface area (Å²) in [6.07, 6.45) is 2.62. The number of guanidine groups is 1. The number of thioether (sulfide) groups is 1. The first-order valence-corrected chi connectivity index (χ1v) is 9.17. The first kappa shape index (κ1) is 16.9. The van der Waals surface area contributed by atoms with Crippen LogP contribution in [-0.2, 0) is 4.74 Å². The van der Waals surface area contributed by atoms with Crippen LogP contribution in [0.2, 0.25) is 0 Å². The fourth-order valence-corrected chi connectivity index (χ4v) is 3.93. The van der Waals surface area contributed by atoms with Gasteiger partial charge in [-0.25, -0.2) is 0 Å². The second kappa shape index (κ2) is 8.86. The Morgan fingerprint density at radius 3 is 2.81 bits per heavy atom. The molecule has 2 fully saturated rings.